The Bertz CT molecular complexity index is 160. The Hall–Kier alpha value is -1.22. The van der Waals surface area contributed by atoms with Crippen LogP contribution in [0.3, 0.4) is 0 Å². The second-order valence-corrected chi connectivity index (χ2v) is 3.01. The number of carbonyl (C=O) groups is 2. The number of nitrogens with two attached hydrogens (primary N) is 2. The van der Waals surface area contributed by atoms with Crippen molar-refractivity contribution in [2.45, 2.75) is 44.9 Å². The predicted molar refractivity (Wildman–Crippen MR) is 56.5 cm³/mol. The number of hydrogen-bond acceptors (Lipinski definition) is 6. The molecule has 0 saturated carbocycles. The first-order valence-electron chi connectivity index (χ1n) is 5.34. The standard InChI is InChI=1S/C9H16O4.2H4N2/c10-8(11)6-4-2-1-3-5-7-9(12)13;2*1-2/h1-7H2,(H,10,11)(H,12,13);2*1-2H2. The molecule has 0 heterocycles. The summed E-state index contributed by atoms with van der Waals surface area (Å²) in [5, 5.41) is 20.0. The molecular formula is C9H24N4O4. The maximum atomic E-state index is 9.98. The zero-order valence-electron chi connectivity index (χ0n) is 10.2. The SMILES string of the molecule is N[NH3+].N[NH3+].O=C([O-])CCCCCCCC(=O)[O-]. The predicted octanol–water partition coefficient (Wildman–Crippen LogP) is -4.58. The maximum absolute atomic E-state index is 9.98. The van der Waals surface area contributed by atoms with Gasteiger partial charge in [-0.2, -0.15) is 11.7 Å². The molecule has 0 spiro atoms. The minimum Gasteiger partial charge on any atom is -0.550 e. The van der Waals surface area contributed by atoms with Crippen molar-refractivity contribution in [3.63, 3.8) is 0 Å². The fraction of sp³-hybridized carbons (Fsp3) is 0.778. The molecule has 8 nitrogen and oxygen atoms in total. The van der Waals surface area contributed by atoms with Crippen LogP contribution in [0.25, 0.3) is 0 Å². The van der Waals surface area contributed by atoms with Crippen LogP contribution in [0, 0.1) is 0 Å². The number of unbranched alkanes of at least 4 members (excludes halogenated alkanes) is 4. The first-order valence-corrected chi connectivity index (χ1v) is 5.34. The quantitative estimate of drug-likeness (QED) is 0.191. The molecule has 0 unspecified atom stereocenters. The number of rotatable bonds is 8. The average molecular weight is 252 g/mol. The van der Waals surface area contributed by atoms with Gasteiger partial charge in [0, 0.05) is 11.9 Å². The van der Waals surface area contributed by atoms with Crippen molar-refractivity contribution in [3.05, 3.63) is 0 Å². The summed E-state index contributed by atoms with van der Waals surface area (Å²) in [7, 11) is 0. The van der Waals surface area contributed by atoms with Gasteiger partial charge in [-0.1, -0.05) is 19.3 Å². The molecule has 0 aliphatic heterocycles. The van der Waals surface area contributed by atoms with Gasteiger partial charge in [0.25, 0.3) is 0 Å². The highest BCUT2D eigenvalue weighted by molar-refractivity contribution is 5.64. The van der Waals surface area contributed by atoms with Gasteiger partial charge in [0.05, 0.1) is 0 Å². The third-order valence-corrected chi connectivity index (χ3v) is 1.76. The zero-order chi connectivity index (χ0) is 14.1. The second kappa shape index (κ2) is 20.2. The van der Waals surface area contributed by atoms with E-state index in [-0.39, 0.29) is 12.8 Å². The first kappa shape index (κ1) is 21.1. The van der Waals surface area contributed by atoms with Crippen LogP contribution in [0.2, 0.25) is 0 Å². The summed E-state index contributed by atoms with van der Waals surface area (Å²) >= 11 is 0. The molecule has 0 atom stereocenters. The summed E-state index contributed by atoms with van der Waals surface area (Å²) < 4.78 is 0. The average Bonchev–Trinajstić information content (AvgIpc) is 2.32. The summed E-state index contributed by atoms with van der Waals surface area (Å²) in [6.45, 7) is 0. The van der Waals surface area contributed by atoms with Crippen LogP contribution >= 0.6 is 0 Å². The van der Waals surface area contributed by atoms with Crippen LogP contribution < -0.4 is 33.6 Å². The smallest absolute Gasteiger partial charge is 0.0414 e. The number of hydrogen-bond donors (Lipinski definition) is 4. The van der Waals surface area contributed by atoms with Gasteiger partial charge in [0.15, 0.2) is 0 Å². The van der Waals surface area contributed by atoms with E-state index in [1.165, 1.54) is 0 Å². The molecule has 0 aromatic rings. The lowest BCUT2D eigenvalue weighted by molar-refractivity contribution is -0.379. The molecule has 0 aromatic carbocycles. The third kappa shape index (κ3) is 31.3. The zero-order valence-corrected chi connectivity index (χ0v) is 10.2. The number of carbonyl (C=O) groups excluding carboxylic acids is 2. The summed E-state index contributed by atoms with van der Waals surface area (Å²) in [4.78, 5) is 20.0. The van der Waals surface area contributed by atoms with Gasteiger partial charge < -0.3 is 19.8 Å². The summed E-state index contributed by atoms with van der Waals surface area (Å²) in [6, 6.07) is 0. The topological polar surface area (TPSA) is 188 Å². The van der Waals surface area contributed by atoms with Gasteiger partial charge >= 0.3 is 0 Å². The third-order valence-electron chi connectivity index (χ3n) is 1.76. The van der Waals surface area contributed by atoms with E-state index in [0.29, 0.717) is 12.8 Å². The van der Waals surface area contributed by atoms with Crippen molar-refractivity contribution < 1.29 is 31.5 Å². The number of aliphatic carboxylic acids is 2. The lowest BCUT2D eigenvalue weighted by Gasteiger charge is -2.03. The van der Waals surface area contributed by atoms with Crippen molar-refractivity contribution >= 4 is 11.9 Å². The van der Waals surface area contributed by atoms with E-state index in [2.05, 4.69) is 23.4 Å². The summed E-state index contributed by atoms with van der Waals surface area (Å²) in [5.41, 5.74) is 0. The second-order valence-electron chi connectivity index (χ2n) is 3.01. The van der Waals surface area contributed by atoms with E-state index >= 15 is 0 Å². The minimum atomic E-state index is -1.02. The number of carboxylic acid groups (broad SMARTS) is 2. The Morgan fingerprint density at radius 3 is 1.18 bits per heavy atom. The van der Waals surface area contributed by atoms with Crippen LogP contribution in [0.5, 0.6) is 0 Å². The molecule has 104 valence electrons. The highest BCUT2D eigenvalue weighted by Crippen LogP contribution is 2.06. The van der Waals surface area contributed by atoms with Crippen LogP contribution in [-0.2, 0) is 9.59 Å². The molecule has 0 aliphatic rings. The fourth-order valence-electron chi connectivity index (χ4n) is 1.07. The maximum Gasteiger partial charge on any atom is 0.0414 e. The fourth-order valence-corrected chi connectivity index (χ4v) is 1.07. The van der Waals surface area contributed by atoms with E-state index in [4.69, 9.17) is 0 Å². The van der Waals surface area contributed by atoms with Gasteiger partial charge in [-0.05, 0) is 25.7 Å². The summed E-state index contributed by atoms with van der Waals surface area (Å²) in [5.74, 6) is 12.0. The Labute approximate surface area is 101 Å². The normalized spacial score (nSPS) is 8.24. The highest BCUT2D eigenvalue weighted by atomic mass is 16.4. The Kier molecular flexibility index (Phi) is 25.1. The van der Waals surface area contributed by atoms with Crippen molar-refractivity contribution in [2.24, 2.45) is 11.7 Å². The molecule has 0 amide bonds. The van der Waals surface area contributed by atoms with Crippen LogP contribution in [-0.4, -0.2) is 11.9 Å². The van der Waals surface area contributed by atoms with Crippen LogP contribution in [0.15, 0.2) is 0 Å². The summed E-state index contributed by atoms with van der Waals surface area (Å²) in [6.07, 6.45) is 3.95. The lowest BCUT2D eigenvalue weighted by Crippen LogP contribution is -2.59. The molecule has 0 radical (unpaired) electrons. The Morgan fingerprint density at radius 2 is 0.941 bits per heavy atom. The van der Waals surface area contributed by atoms with E-state index in [1.54, 1.807) is 0 Å². The van der Waals surface area contributed by atoms with Gasteiger partial charge in [-0.3, -0.25) is 11.7 Å². The van der Waals surface area contributed by atoms with Gasteiger partial charge in [-0.25, -0.2) is 0 Å². The van der Waals surface area contributed by atoms with E-state index in [1.807, 2.05) is 0 Å². The first-order chi connectivity index (χ1) is 8.13. The monoisotopic (exact) mass is 252 g/mol. The van der Waals surface area contributed by atoms with Crippen molar-refractivity contribution in [2.75, 3.05) is 0 Å². The largest absolute Gasteiger partial charge is 0.550 e. The lowest BCUT2D eigenvalue weighted by atomic mass is 10.1. The van der Waals surface area contributed by atoms with Gasteiger partial charge in [-0.15, -0.1) is 0 Å². The van der Waals surface area contributed by atoms with Gasteiger partial charge in [0.1, 0.15) is 0 Å². The van der Waals surface area contributed by atoms with E-state index in [9.17, 15) is 19.8 Å². The molecule has 8 heteroatoms. The van der Waals surface area contributed by atoms with Crippen LogP contribution in [0.4, 0.5) is 0 Å². The van der Waals surface area contributed by atoms with Crippen molar-refractivity contribution in [1.29, 1.82) is 0 Å². The molecule has 0 bridgehead atoms. The van der Waals surface area contributed by atoms with E-state index < -0.39 is 11.9 Å². The molecule has 0 rings (SSSR count). The van der Waals surface area contributed by atoms with Crippen molar-refractivity contribution in [3.8, 4) is 0 Å². The van der Waals surface area contributed by atoms with Crippen molar-refractivity contribution in [1.82, 2.24) is 0 Å². The molecule has 0 aliphatic carbocycles. The van der Waals surface area contributed by atoms with Crippen LogP contribution in [0.1, 0.15) is 44.9 Å². The Morgan fingerprint density at radius 1 is 0.706 bits per heavy atom. The molecule has 10 N–H and O–H groups in total. The van der Waals surface area contributed by atoms with E-state index in [0.717, 1.165) is 19.3 Å². The number of carboxylic acids is 2. The van der Waals surface area contributed by atoms with Gasteiger partial charge in [0.2, 0.25) is 0 Å². The molecule has 0 fully saturated rings. The molecule has 0 saturated heterocycles. The molecule has 0 aromatic heterocycles. The highest BCUT2D eigenvalue weighted by Gasteiger charge is 1.91. The number of quaternary nitrogens is 2. The Balaban J connectivity index is -0.000000439. The molecule has 17 heavy (non-hydrogen) atoms. The minimum absolute atomic E-state index is 0.0977. The molecular weight excluding hydrogens is 228 g/mol.